The van der Waals surface area contributed by atoms with E-state index in [1.165, 1.54) is 5.01 Å². The topological polar surface area (TPSA) is 58.9 Å². The van der Waals surface area contributed by atoms with Crippen molar-refractivity contribution >= 4 is 5.91 Å². The molecule has 2 heterocycles. The molecule has 0 aliphatic carbocycles. The van der Waals surface area contributed by atoms with E-state index in [-0.39, 0.29) is 18.2 Å². The minimum absolute atomic E-state index is 0.00463. The first-order valence-electron chi connectivity index (χ1n) is 3.51. The fraction of sp³-hybridized carbons (Fsp3) is 0.833. The van der Waals surface area contributed by atoms with Crippen LogP contribution in [0.4, 0.5) is 0 Å². The molecule has 1 amide bonds. The molecule has 2 unspecified atom stereocenters. The van der Waals surface area contributed by atoms with Crippen LogP contribution < -0.4 is 5.84 Å². The number of carbonyl (C=O) groups excluding carboxylic acids is 1. The molecule has 0 aromatic heterocycles. The molecule has 2 saturated heterocycles. The second-order valence-electron chi connectivity index (χ2n) is 2.76. The van der Waals surface area contributed by atoms with Gasteiger partial charge in [-0.05, 0) is 12.8 Å². The van der Waals surface area contributed by atoms with Gasteiger partial charge in [0.05, 0.1) is 0 Å². The predicted octanol–water partition coefficient (Wildman–Crippen LogP) is -0.403. The van der Waals surface area contributed by atoms with Crippen molar-refractivity contribution in [2.75, 3.05) is 0 Å². The Bertz CT molecular complexity index is 171. The maximum Gasteiger partial charge on any atom is 0.238 e. The number of hydrazine groups is 1. The third-order valence-corrected chi connectivity index (χ3v) is 2.00. The Kier molecular flexibility index (Phi) is 1.18. The lowest BCUT2D eigenvalue weighted by Gasteiger charge is -2.10. The molecular formula is C6H10N2O2. The van der Waals surface area contributed by atoms with Crippen LogP contribution in [-0.4, -0.2) is 23.2 Å². The largest absolute Gasteiger partial charge is 0.346 e. The summed E-state index contributed by atoms with van der Waals surface area (Å²) in [6.45, 7) is 0. The highest BCUT2D eigenvalue weighted by molar-refractivity contribution is 5.76. The number of epoxide rings is 1. The van der Waals surface area contributed by atoms with Crippen LogP contribution in [0, 0.1) is 0 Å². The summed E-state index contributed by atoms with van der Waals surface area (Å²) >= 11 is 0. The number of hydrogen-bond donors (Lipinski definition) is 1. The van der Waals surface area contributed by atoms with Crippen molar-refractivity contribution in [1.29, 1.82) is 0 Å². The Labute approximate surface area is 58.9 Å². The fourth-order valence-corrected chi connectivity index (χ4v) is 1.31. The SMILES string of the molecule is NN1C(=O)CCCC2OC21. The van der Waals surface area contributed by atoms with Gasteiger partial charge >= 0.3 is 0 Å². The highest BCUT2D eigenvalue weighted by atomic mass is 16.6. The van der Waals surface area contributed by atoms with Crippen LogP contribution in [0.1, 0.15) is 19.3 Å². The van der Waals surface area contributed by atoms with E-state index < -0.39 is 0 Å². The Morgan fingerprint density at radius 1 is 1.70 bits per heavy atom. The molecule has 2 N–H and O–H groups in total. The zero-order chi connectivity index (χ0) is 7.14. The average Bonchev–Trinajstić information content (AvgIpc) is 2.64. The second kappa shape index (κ2) is 1.93. The van der Waals surface area contributed by atoms with E-state index in [0.717, 1.165) is 12.8 Å². The zero-order valence-corrected chi connectivity index (χ0v) is 5.62. The van der Waals surface area contributed by atoms with Crippen LogP contribution in [0.5, 0.6) is 0 Å². The van der Waals surface area contributed by atoms with Crippen molar-refractivity contribution in [2.24, 2.45) is 5.84 Å². The van der Waals surface area contributed by atoms with Crippen molar-refractivity contribution in [3.05, 3.63) is 0 Å². The van der Waals surface area contributed by atoms with Gasteiger partial charge < -0.3 is 4.74 Å². The molecule has 0 aromatic carbocycles. The first kappa shape index (κ1) is 6.12. The molecule has 2 aliphatic rings. The van der Waals surface area contributed by atoms with E-state index in [9.17, 15) is 4.79 Å². The van der Waals surface area contributed by atoms with Gasteiger partial charge in [0.1, 0.15) is 6.10 Å². The maximum absolute atomic E-state index is 11.0. The van der Waals surface area contributed by atoms with Crippen LogP contribution in [0.3, 0.4) is 0 Å². The molecule has 10 heavy (non-hydrogen) atoms. The molecule has 0 radical (unpaired) electrons. The molecule has 0 spiro atoms. The van der Waals surface area contributed by atoms with Crippen LogP contribution in [0.2, 0.25) is 0 Å². The number of hydrogen-bond acceptors (Lipinski definition) is 3. The standard InChI is InChI=1S/C6H10N2O2/c7-8-5(9)3-1-2-4-6(8)10-4/h4,6H,1-3,7H2. The summed E-state index contributed by atoms with van der Waals surface area (Å²) in [6, 6.07) is 0. The number of nitrogens with zero attached hydrogens (tertiary/aromatic N) is 1. The molecule has 0 bridgehead atoms. The monoisotopic (exact) mass is 142 g/mol. The Balaban J connectivity index is 2.08. The van der Waals surface area contributed by atoms with Gasteiger partial charge in [-0.2, -0.15) is 0 Å². The number of rotatable bonds is 0. The molecule has 4 heteroatoms. The summed E-state index contributed by atoms with van der Waals surface area (Å²) < 4.78 is 5.12. The van der Waals surface area contributed by atoms with Crippen molar-refractivity contribution in [3.8, 4) is 0 Å². The minimum atomic E-state index is -0.102. The van der Waals surface area contributed by atoms with E-state index in [0.29, 0.717) is 6.42 Å². The number of carbonyl (C=O) groups is 1. The van der Waals surface area contributed by atoms with Gasteiger partial charge in [0.25, 0.3) is 0 Å². The van der Waals surface area contributed by atoms with Crippen molar-refractivity contribution < 1.29 is 9.53 Å². The molecular weight excluding hydrogens is 132 g/mol. The molecule has 0 aromatic rings. The smallest absolute Gasteiger partial charge is 0.238 e. The lowest BCUT2D eigenvalue weighted by molar-refractivity contribution is -0.133. The summed E-state index contributed by atoms with van der Waals surface area (Å²) in [5, 5.41) is 1.22. The molecule has 2 rings (SSSR count). The van der Waals surface area contributed by atoms with Crippen molar-refractivity contribution in [3.63, 3.8) is 0 Å². The fourth-order valence-electron chi connectivity index (χ4n) is 1.31. The maximum atomic E-state index is 11.0. The molecule has 4 nitrogen and oxygen atoms in total. The van der Waals surface area contributed by atoms with Gasteiger partial charge in [0.2, 0.25) is 5.91 Å². The summed E-state index contributed by atoms with van der Waals surface area (Å²) in [4.78, 5) is 11.0. The minimum Gasteiger partial charge on any atom is -0.346 e. The van der Waals surface area contributed by atoms with Gasteiger partial charge in [-0.1, -0.05) is 0 Å². The molecule has 56 valence electrons. The average molecular weight is 142 g/mol. The Hall–Kier alpha value is -0.610. The number of amides is 1. The quantitative estimate of drug-likeness (QED) is 0.284. The van der Waals surface area contributed by atoms with E-state index in [2.05, 4.69) is 0 Å². The lowest BCUT2D eigenvalue weighted by Crippen LogP contribution is -2.39. The Morgan fingerprint density at radius 2 is 2.50 bits per heavy atom. The Morgan fingerprint density at radius 3 is 3.30 bits per heavy atom. The molecule has 0 saturated carbocycles. The predicted molar refractivity (Wildman–Crippen MR) is 33.5 cm³/mol. The van der Waals surface area contributed by atoms with Crippen LogP contribution in [-0.2, 0) is 9.53 Å². The van der Waals surface area contributed by atoms with E-state index in [1.54, 1.807) is 0 Å². The molecule has 2 aliphatic heterocycles. The van der Waals surface area contributed by atoms with E-state index >= 15 is 0 Å². The summed E-state index contributed by atoms with van der Waals surface area (Å²) in [6.07, 6.45) is 2.59. The number of fused-ring (bicyclic) bond motifs is 1. The third-order valence-electron chi connectivity index (χ3n) is 2.00. The van der Waals surface area contributed by atoms with Crippen LogP contribution >= 0.6 is 0 Å². The van der Waals surface area contributed by atoms with Gasteiger partial charge in [0, 0.05) is 6.42 Å². The third kappa shape index (κ3) is 0.803. The van der Waals surface area contributed by atoms with E-state index in [1.807, 2.05) is 0 Å². The second-order valence-corrected chi connectivity index (χ2v) is 2.76. The van der Waals surface area contributed by atoms with E-state index in [4.69, 9.17) is 10.6 Å². The molecule has 2 fully saturated rings. The van der Waals surface area contributed by atoms with Gasteiger partial charge in [0.15, 0.2) is 6.23 Å². The summed E-state index contributed by atoms with van der Waals surface area (Å²) in [5.41, 5.74) is 0. The molecule has 2 atom stereocenters. The highest BCUT2D eigenvalue weighted by Crippen LogP contribution is 2.31. The van der Waals surface area contributed by atoms with Gasteiger partial charge in [-0.15, -0.1) is 0 Å². The first-order valence-corrected chi connectivity index (χ1v) is 3.51. The van der Waals surface area contributed by atoms with Crippen LogP contribution in [0.15, 0.2) is 0 Å². The van der Waals surface area contributed by atoms with Crippen molar-refractivity contribution in [2.45, 2.75) is 31.6 Å². The van der Waals surface area contributed by atoms with Gasteiger partial charge in [-0.25, -0.2) is 10.9 Å². The lowest BCUT2D eigenvalue weighted by atomic mass is 10.2. The zero-order valence-electron chi connectivity index (χ0n) is 5.62. The highest BCUT2D eigenvalue weighted by Gasteiger charge is 2.46. The normalized spacial score (nSPS) is 38.9. The van der Waals surface area contributed by atoms with Crippen LogP contribution in [0.25, 0.3) is 0 Å². The number of nitrogens with two attached hydrogens (primary N) is 1. The first-order chi connectivity index (χ1) is 4.79. The number of ether oxygens (including phenoxy) is 1. The van der Waals surface area contributed by atoms with Crippen molar-refractivity contribution in [1.82, 2.24) is 5.01 Å². The summed E-state index contributed by atoms with van der Waals surface area (Å²) in [7, 11) is 0. The summed E-state index contributed by atoms with van der Waals surface area (Å²) in [5.74, 6) is 5.43. The van der Waals surface area contributed by atoms with Gasteiger partial charge in [-0.3, -0.25) is 4.79 Å².